The summed E-state index contributed by atoms with van der Waals surface area (Å²) in [5.74, 6) is 0.292. The minimum atomic E-state index is -4.45. The Hall–Kier alpha value is -3.24. The fraction of sp³-hybridized carbons (Fsp3) is 0.318. The molecule has 10 heteroatoms. The predicted octanol–water partition coefficient (Wildman–Crippen LogP) is 3.50. The number of piperazine rings is 1. The molecule has 32 heavy (non-hydrogen) atoms. The zero-order chi connectivity index (χ0) is 22.7. The van der Waals surface area contributed by atoms with Crippen LogP contribution in [-0.2, 0) is 10.9 Å². The molecule has 1 aliphatic rings. The van der Waals surface area contributed by atoms with Crippen LogP contribution in [0, 0.1) is 0 Å². The van der Waals surface area contributed by atoms with Gasteiger partial charge in [0.2, 0.25) is 5.88 Å². The van der Waals surface area contributed by atoms with Gasteiger partial charge in [-0.25, -0.2) is 9.97 Å². The van der Waals surface area contributed by atoms with Crippen LogP contribution in [0.4, 0.5) is 13.2 Å². The van der Waals surface area contributed by atoms with Gasteiger partial charge in [-0.1, -0.05) is 6.07 Å². The van der Waals surface area contributed by atoms with E-state index >= 15 is 0 Å². The molecule has 7 nitrogen and oxygen atoms in total. The first-order valence-electron chi connectivity index (χ1n) is 9.97. The number of hydrogen-bond acceptors (Lipinski definition) is 6. The van der Waals surface area contributed by atoms with E-state index in [0.29, 0.717) is 43.2 Å². The molecule has 0 saturated carbocycles. The second-order valence-corrected chi connectivity index (χ2v) is 7.39. The van der Waals surface area contributed by atoms with Crippen molar-refractivity contribution in [1.82, 2.24) is 20.2 Å². The minimum Gasteiger partial charge on any atom is -0.439 e. The van der Waals surface area contributed by atoms with Crippen LogP contribution in [0.2, 0.25) is 0 Å². The molecule has 1 aliphatic heterocycles. The quantitative estimate of drug-likeness (QED) is 0.647. The van der Waals surface area contributed by atoms with Gasteiger partial charge in [0, 0.05) is 50.4 Å². The van der Waals surface area contributed by atoms with Crippen molar-refractivity contribution in [2.45, 2.75) is 12.2 Å². The highest BCUT2D eigenvalue weighted by atomic mass is 19.4. The van der Waals surface area contributed by atoms with Crippen molar-refractivity contribution in [3.05, 3.63) is 59.9 Å². The van der Waals surface area contributed by atoms with Gasteiger partial charge in [-0.05, 0) is 30.3 Å². The first-order valence-corrected chi connectivity index (χ1v) is 9.97. The number of benzene rings is 1. The number of nitrogens with one attached hydrogen (secondary N) is 1. The van der Waals surface area contributed by atoms with Crippen LogP contribution in [0.25, 0.3) is 10.9 Å². The molecule has 0 unspecified atom stereocenters. The monoisotopic (exact) mass is 446 g/mol. The fourth-order valence-corrected chi connectivity index (χ4v) is 3.50. The summed E-state index contributed by atoms with van der Waals surface area (Å²) in [6.07, 6.45) is -3.73. The Morgan fingerprint density at radius 2 is 2.06 bits per heavy atom. The van der Waals surface area contributed by atoms with Crippen LogP contribution in [0.3, 0.4) is 0 Å². The van der Waals surface area contributed by atoms with Crippen molar-refractivity contribution in [3.63, 3.8) is 0 Å². The average Bonchev–Trinajstić information content (AvgIpc) is 2.78. The van der Waals surface area contributed by atoms with Gasteiger partial charge in [0.15, 0.2) is 0 Å². The number of pyridine rings is 2. The molecule has 1 fully saturated rings. The highest BCUT2D eigenvalue weighted by Crippen LogP contribution is 2.30. The Morgan fingerprint density at radius 3 is 2.78 bits per heavy atom. The molecule has 1 aromatic carbocycles. The van der Waals surface area contributed by atoms with Gasteiger partial charge in [-0.3, -0.25) is 4.79 Å². The Morgan fingerprint density at radius 1 is 1.22 bits per heavy atom. The van der Waals surface area contributed by atoms with Crippen molar-refractivity contribution in [2.75, 3.05) is 33.4 Å². The maximum atomic E-state index is 12.9. The molecule has 3 aromatic rings. The molecular weight excluding hydrogens is 425 g/mol. The SMILES string of the molecule is COC[C@H]1CN(C(=O)c2ccc3cc(Oc4ccc(C(F)(F)F)cn4)ccc3n2)CCN1. The number of halogens is 3. The predicted molar refractivity (Wildman–Crippen MR) is 111 cm³/mol. The lowest BCUT2D eigenvalue weighted by atomic mass is 10.1. The topological polar surface area (TPSA) is 76.6 Å². The van der Waals surface area contributed by atoms with Crippen molar-refractivity contribution in [3.8, 4) is 11.6 Å². The maximum Gasteiger partial charge on any atom is 0.417 e. The highest BCUT2D eigenvalue weighted by molar-refractivity contribution is 5.95. The number of ether oxygens (including phenoxy) is 2. The van der Waals surface area contributed by atoms with Crippen LogP contribution in [0.15, 0.2) is 48.7 Å². The molecule has 0 spiro atoms. The number of methoxy groups -OCH3 is 1. The lowest BCUT2D eigenvalue weighted by molar-refractivity contribution is -0.137. The maximum absolute atomic E-state index is 12.9. The highest BCUT2D eigenvalue weighted by Gasteiger charge is 2.30. The summed E-state index contributed by atoms with van der Waals surface area (Å²) in [6.45, 7) is 2.34. The molecule has 3 heterocycles. The number of amides is 1. The summed E-state index contributed by atoms with van der Waals surface area (Å²) < 4.78 is 48.7. The van der Waals surface area contributed by atoms with E-state index in [2.05, 4.69) is 15.3 Å². The number of carbonyl (C=O) groups excluding carboxylic acids is 1. The third-order valence-corrected chi connectivity index (χ3v) is 5.08. The molecule has 4 rings (SSSR count). The van der Waals surface area contributed by atoms with E-state index in [1.807, 2.05) is 0 Å². The summed E-state index contributed by atoms with van der Waals surface area (Å²) in [5.41, 5.74) is 0.101. The number of alkyl halides is 3. The molecule has 0 aliphatic carbocycles. The third kappa shape index (κ3) is 4.97. The van der Waals surface area contributed by atoms with E-state index < -0.39 is 11.7 Å². The van der Waals surface area contributed by atoms with Gasteiger partial charge in [0.05, 0.1) is 17.7 Å². The Balaban J connectivity index is 1.48. The van der Waals surface area contributed by atoms with Gasteiger partial charge in [-0.2, -0.15) is 13.2 Å². The molecule has 2 aromatic heterocycles. The van der Waals surface area contributed by atoms with Gasteiger partial charge >= 0.3 is 6.18 Å². The molecule has 168 valence electrons. The summed E-state index contributed by atoms with van der Waals surface area (Å²) in [5, 5.41) is 4.03. The molecule has 0 bridgehead atoms. The Kier molecular flexibility index (Phi) is 6.24. The van der Waals surface area contributed by atoms with E-state index in [-0.39, 0.29) is 17.8 Å². The lowest BCUT2D eigenvalue weighted by Gasteiger charge is -2.33. The molecule has 1 N–H and O–H groups in total. The van der Waals surface area contributed by atoms with E-state index in [9.17, 15) is 18.0 Å². The van der Waals surface area contributed by atoms with Crippen LogP contribution in [0.5, 0.6) is 11.6 Å². The number of hydrogen-bond donors (Lipinski definition) is 1. The molecular formula is C22H21F3N4O3. The Labute approximate surface area is 182 Å². The second-order valence-electron chi connectivity index (χ2n) is 7.39. The average molecular weight is 446 g/mol. The van der Waals surface area contributed by atoms with Crippen LogP contribution < -0.4 is 10.1 Å². The number of nitrogens with zero attached hydrogens (tertiary/aromatic N) is 3. The molecule has 1 saturated heterocycles. The number of fused-ring (bicyclic) bond motifs is 1. The minimum absolute atomic E-state index is 0.0430. The van der Waals surface area contributed by atoms with E-state index in [1.54, 1.807) is 42.3 Å². The summed E-state index contributed by atoms with van der Waals surface area (Å²) >= 11 is 0. The van der Waals surface area contributed by atoms with Crippen molar-refractivity contribution in [2.24, 2.45) is 0 Å². The third-order valence-electron chi connectivity index (χ3n) is 5.08. The normalized spacial score (nSPS) is 16.9. The number of carbonyl (C=O) groups is 1. The fourth-order valence-electron chi connectivity index (χ4n) is 3.50. The van der Waals surface area contributed by atoms with Crippen LogP contribution >= 0.6 is 0 Å². The zero-order valence-electron chi connectivity index (χ0n) is 17.2. The van der Waals surface area contributed by atoms with Gasteiger partial charge in [0.1, 0.15) is 11.4 Å². The van der Waals surface area contributed by atoms with Crippen molar-refractivity contribution < 1.29 is 27.4 Å². The number of aromatic nitrogens is 2. The van der Waals surface area contributed by atoms with Crippen molar-refractivity contribution in [1.29, 1.82) is 0 Å². The first-order chi connectivity index (χ1) is 15.3. The van der Waals surface area contributed by atoms with Crippen LogP contribution in [0.1, 0.15) is 16.1 Å². The van der Waals surface area contributed by atoms with Gasteiger partial charge in [0.25, 0.3) is 5.91 Å². The lowest BCUT2D eigenvalue weighted by Crippen LogP contribution is -2.54. The number of rotatable bonds is 5. The first kappa shape index (κ1) is 22.0. The van der Waals surface area contributed by atoms with Gasteiger partial charge < -0.3 is 19.7 Å². The molecule has 1 amide bonds. The van der Waals surface area contributed by atoms with Crippen molar-refractivity contribution >= 4 is 16.8 Å². The van der Waals surface area contributed by atoms with E-state index in [0.717, 1.165) is 23.7 Å². The summed E-state index contributed by atoms with van der Waals surface area (Å²) in [7, 11) is 1.62. The smallest absolute Gasteiger partial charge is 0.417 e. The summed E-state index contributed by atoms with van der Waals surface area (Å²) in [4.78, 5) is 22.8. The van der Waals surface area contributed by atoms with E-state index in [1.165, 1.54) is 0 Å². The molecule has 0 radical (unpaired) electrons. The van der Waals surface area contributed by atoms with E-state index in [4.69, 9.17) is 9.47 Å². The standard InChI is InChI=1S/C22H21F3N4O3/c1-31-13-16-12-29(9-8-26-16)21(30)19-5-2-14-10-17(4-6-18(14)28-19)32-20-7-3-15(11-27-20)22(23,24)25/h2-7,10-11,16,26H,8-9,12-13H2,1H3/t16-/m1/s1. The second kappa shape index (κ2) is 9.09. The zero-order valence-corrected chi connectivity index (χ0v) is 17.2. The van der Waals surface area contributed by atoms with Crippen LogP contribution in [-0.4, -0.2) is 60.2 Å². The Bertz CT molecular complexity index is 1100. The summed E-state index contributed by atoms with van der Waals surface area (Å²) in [6, 6.07) is 10.6. The van der Waals surface area contributed by atoms with Gasteiger partial charge in [-0.15, -0.1) is 0 Å². The largest absolute Gasteiger partial charge is 0.439 e. The molecule has 1 atom stereocenters.